The van der Waals surface area contributed by atoms with E-state index in [4.69, 9.17) is 9.47 Å². The second-order valence-corrected chi connectivity index (χ2v) is 18.0. The minimum absolute atomic E-state index is 0.0167. The van der Waals surface area contributed by atoms with Crippen LogP contribution >= 0.6 is 0 Å². The van der Waals surface area contributed by atoms with Crippen LogP contribution in [0.2, 0.25) is 0 Å². The number of nitrogens with zero attached hydrogens (tertiary/aromatic N) is 1. The summed E-state index contributed by atoms with van der Waals surface area (Å²) in [5, 5.41) is 9.34. The lowest BCUT2D eigenvalue weighted by molar-refractivity contribution is -0.147. The van der Waals surface area contributed by atoms with Crippen molar-refractivity contribution < 1.29 is 24.2 Å². The Morgan fingerprint density at radius 1 is 0.604 bits per heavy atom. The van der Waals surface area contributed by atoms with Gasteiger partial charge in [0, 0.05) is 19.4 Å². The predicted octanol–water partition coefficient (Wildman–Crippen LogP) is 13.2. The van der Waals surface area contributed by atoms with Gasteiger partial charge in [0.05, 0.1) is 13.2 Å². The molecule has 0 atom stereocenters. The van der Waals surface area contributed by atoms with Crippen molar-refractivity contribution in [1.82, 2.24) is 4.90 Å². The van der Waals surface area contributed by atoms with Crippen LogP contribution in [0.5, 0.6) is 0 Å². The average molecular weight is 750 g/mol. The lowest BCUT2D eigenvalue weighted by Crippen LogP contribution is -2.28. The monoisotopic (exact) mass is 750 g/mol. The first-order chi connectivity index (χ1) is 25.7. The van der Waals surface area contributed by atoms with Gasteiger partial charge in [-0.15, -0.1) is 0 Å². The van der Waals surface area contributed by atoms with E-state index < -0.39 is 0 Å². The maximum absolute atomic E-state index is 12.6. The Morgan fingerprint density at radius 3 is 1.75 bits per heavy atom. The van der Waals surface area contributed by atoms with Crippen LogP contribution in [-0.2, 0) is 19.1 Å². The van der Waals surface area contributed by atoms with Crippen LogP contribution in [-0.4, -0.2) is 61.4 Å². The van der Waals surface area contributed by atoms with Gasteiger partial charge < -0.3 is 19.5 Å². The highest BCUT2D eigenvalue weighted by atomic mass is 16.5. The van der Waals surface area contributed by atoms with E-state index in [2.05, 4.69) is 39.5 Å². The molecule has 0 aromatic rings. The summed E-state index contributed by atoms with van der Waals surface area (Å²) in [5.74, 6) is 0.793. The highest BCUT2D eigenvalue weighted by Gasteiger charge is 2.41. The molecule has 1 aliphatic rings. The first-order valence-corrected chi connectivity index (χ1v) is 23.3. The van der Waals surface area contributed by atoms with Crippen LogP contribution in [0, 0.1) is 16.7 Å². The number of aliphatic hydroxyl groups is 1. The van der Waals surface area contributed by atoms with E-state index in [1.54, 1.807) is 0 Å². The molecule has 314 valence electrons. The lowest BCUT2D eigenvalue weighted by Gasteiger charge is -2.25. The lowest BCUT2D eigenvalue weighted by atomic mass is 9.88. The molecule has 0 spiro atoms. The third-order valence-electron chi connectivity index (χ3n) is 12.0. The van der Waals surface area contributed by atoms with E-state index in [0.29, 0.717) is 31.5 Å². The van der Waals surface area contributed by atoms with E-state index in [9.17, 15) is 14.7 Å². The summed E-state index contributed by atoms with van der Waals surface area (Å²) >= 11 is 0. The van der Waals surface area contributed by atoms with Gasteiger partial charge in [0.15, 0.2) is 0 Å². The minimum Gasteiger partial charge on any atom is -0.466 e. The van der Waals surface area contributed by atoms with E-state index in [1.165, 1.54) is 135 Å². The number of aliphatic hydroxyl groups excluding tert-OH is 1. The molecule has 1 rings (SSSR count). The quantitative estimate of drug-likeness (QED) is 0.0496. The maximum Gasteiger partial charge on any atom is 0.305 e. The SMILES string of the molecule is CCCCCCCCCC(=O)OCC(C)(C)CCCCCN(CCCCO)CCCCC1(CCC(=O)OCCCC(CCCCC)CCCCC)CC1. The van der Waals surface area contributed by atoms with Crippen molar-refractivity contribution in [3.63, 3.8) is 0 Å². The topological polar surface area (TPSA) is 76.1 Å². The molecule has 1 saturated carbocycles. The largest absolute Gasteiger partial charge is 0.466 e. The third kappa shape index (κ3) is 29.8. The van der Waals surface area contributed by atoms with Gasteiger partial charge in [0.2, 0.25) is 0 Å². The normalized spacial score (nSPS) is 14.0. The fraction of sp³-hybridized carbons (Fsp3) is 0.957. The van der Waals surface area contributed by atoms with E-state index in [-0.39, 0.29) is 24.0 Å². The summed E-state index contributed by atoms with van der Waals surface area (Å²) < 4.78 is 11.4. The molecule has 1 N–H and O–H groups in total. The molecule has 0 radical (unpaired) electrons. The smallest absolute Gasteiger partial charge is 0.305 e. The molecular formula is C47H91NO5. The molecular weight excluding hydrogens is 659 g/mol. The molecule has 1 aliphatic carbocycles. The molecule has 0 amide bonds. The highest BCUT2D eigenvalue weighted by Crippen LogP contribution is 2.53. The summed E-state index contributed by atoms with van der Waals surface area (Å²) in [6.45, 7) is 16.0. The van der Waals surface area contributed by atoms with Crippen LogP contribution in [0.15, 0.2) is 0 Å². The van der Waals surface area contributed by atoms with Crippen molar-refractivity contribution >= 4 is 11.9 Å². The zero-order valence-electron chi connectivity index (χ0n) is 36.3. The molecule has 0 heterocycles. The number of ether oxygens (including phenoxy) is 2. The number of hydrogen-bond donors (Lipinski definition) is 1. The predicted molar refractivity (Wildman–Crippen MR) is 225 cm³/mol. The van der Waals surface area contributed by atoms with Crippen molar-refractivity contribution in [3.8, 4) is 0 Å². The summed E-state index contributed by atoms with van der Waals surface area (Å²) in [5.41, 5.74) is 0.413. The Bertz CT molecular complexity index is 846. The van der Waals surface area contributed by atoms with E-state index >= 15 is 0 Å². The standard InChI is InChI=1S/C47H91NO5/c1-6-9-12-13-14-15-19-30-44(50)53-42-46(4,5)32-20-16-22-37-48(39-24-25-40-49)38-23-21-33-47(35-36-47)34-31-45(51)52-41-26-29-43(27-17-10-7-2)28-18-11-8-3/h43,49H,6-42H2,1-5H3. The molecule has 0 aromatic heterocycles. The van der Waals surface area contributed by atoms with Crippen molar-refractivity contribution in [1.29, 1.82) is 0 Å². The summed E-state index contributed by atoms with van der Waals surface area (Å²) in [6, 6.07) is 0. The van der Waals surface area contributed by atoms with Crippen LogP contribution in [0.4, 0.5) is 0 Å². The Kier molecular flexibility index (Phi) is 31.1. The van der Waals surface area contributed by atoms with Gasteiger partial charge in [-0.05, 0) is 113 Å². The Labute approximate surface area is 330 Å². The Morgan fingerprint density at radius 2 is 1.13 bits per heavy atom. The van der Waals surface area contributed by atoms with Gasteiger partial charge in [-0.2, -0.15) is 0 Å². The summed E-state index contributed by atoms with van der Waals surface area (Å²) in [6.07, 6.45) is 36.3. The van der Waals surface area contributed by atoms with Crippen LogP contribution in [0.25, 0.3) is 0 Å². The molecule has 1 fully saturated rings. The van der Waals surface area contributed by atoms with Gasteiger partial charge in [0.1, 0.15) is 0 Å². The minimum atomic E-state index is -0.0275. The summed E-state index contributed by atoms with van der Waals surface area (Å²) in [4.78, 5) is 27.5. The first kappa shape index (κ1) is 49.9. The van der Waals surface area contributed by atoms with Crippen LogP contribution in [0.1, 0.15) is 234 Å². The van der Waals surface area contributed by atoms with Gasteiger partial charge in [-0.3, -0.25) is 9.59 Å². The van der Waals surface area contributed by atoms with Crippen molar-refractivity contribution in [2.75, 3.05) is 39.5 Å². The highest BCUT2D eigenvalue weighted by molar-refractivity contribution is 5.69. The second kappa shape index (κ2) is 33.0. The van der Waals surface area contributed by atoms with Gasteiger partial charge in [0.25, 0.3) is 0 Å². The Balaban J connectivity index is 2.23. The van der Waals surface area contributed by atoms with Gasteiger partial charge in [-0.25, -0.2) is 0 Å². The Hall–Kier alpha value is -1.14. The molecule has 0 bridgehead atoms. The van der Waals surface area contributed by atoms with Crippen molar-refractivity contribution in [2.24, 2.45) is 16.7 Å². The van der Waals surface area contributed by atoms with Crippen molar-refractivity contribution in [2.45, 2.75) is 234 Å². The first-order valence-electron chi connectivity index (χ1n) is 23.3. The van der Waals surface area contributed by atoms with E-state index in [0.717, 1.165) is 76.9 Å². The molecule has 53 heavy (non-hydrogen) atoms. The fourth-order valence-electron chi connectivity index (χ4n) is 7.98. The number of carbonyl (C=O) groups excluding carboxylic acids is 2. The molecule has 6 nitrogen and oxygen atoms in total. The number of rotatable bonds is 40. The number of esters is 2. The number of unbranched alkanes of at least 4 members (excludes halogenated alkanes) is 14. The molecule has 0 unspecified atom stereocenters. The maximum atomic E-state index is 12.6. The van der Waals surface area contributed by atoms with E-state index in [1.807, 2.05) is 0 Å². The molecule has 6 heteroatoms. The molecule has 0 saturated heterocycles. The molecule has 0 aliphatic heterocycles. The van der Waals surface area contributed by atoms with Gasteiger partial charge in [-0.1, -0.05) is 144 Å². The summed E-state index contributed by atoms with van der Waals surface area (Å²) in [7, 11) is 0. The fourth-order valence-corrected chi connectivity index (χ4v) is 7.98. The van der Waals surface area contributed by atoms with Crippen LogP contribution in [0.3, 0.4) is 0 Å². The number of carbonyl (C=O) groups is 2. The third-order valence-corrected chi connectivity index (χ3v) is 12.0. The second-order valence-electron chi connectivity index (χ2n) is 18.0. The van der Waals surface area contributed by atoms with Crippen molar-refractivity contribution in [3.05, 3.63) is 0 Å². The average Bonchev–Trinajstić information content (AvgIpc) is 3.92. The zero-order valence-corrected chi connectivity index (χ0v) is 36.3. The molecule has 0 aromatic carbocycles. The zero-order chi connectivity index (χ0) is 38.9. The van der Waals surface area contributed by atoms with Gasteiger partial charge >= 0.3 is 11.9 Å². The number of hydrogen-bond acceptors (Lipinski definition) is 6. The van der Waals surface area contributed by atoms with Crippen LogP contribution < -0.4 is 0 Å².